The van der Waals surface area contributed by atoms with Gasteiger partial charge in [0.25, 0.3) is 0 Å². The molecule has 1 amide bonds. The van der Waals surface area contributed by atoms with Gasteiger partial charge < -0.3 is 9.84 Å². The van der Waals surface area contributed by atoms with E-state index in [1.54, 1.807) is 13.8 Å². The van der Waals surface area contributed by atoms with Gasteiger partial charge in [-0.1, -0.05) is 18.5 Å². The molecule has 2 atom stereocenters. The number of aliphatic hydroxyl groups excluding tert-OH is 1. The van der Waals surface area contributed by atoms with Crippen molar-refractivity contribution in [2.24, 2.45) is 11.0 Å². The van der Waals surface area contributed by atoms with Crippen molar-refractivity contribution in [3.8, 4) is 5.75 Å². The summed E-state index contributed by atoms with van der Waals surface area (Å²) in [4.78, 5) is 11.2. The Balaban J connectivity index is 2.30. The number of nitrogens with one attached hydrogen (secondary N) is 1. The van der Waals surface area contributed by atoms with Crippen molar-refractivity contribution in [3.05, 3.63) is 28.5 Å². The van der Waals surface area contributed by atoms with E-state index < -0.39 is 11.9 Å². The van der Waals surface area contributed by atoms with E-state index in [1.165, 1.54) is 12.1 Å². The van der Waals surface area contributed by atoms with E-state index >= 15 is 0 Å². The van der Waals surface area contributed by atoms with Crippen molar-refractivity contribution in [2.75, 3.05) is 6.61 Å². The number of ether oxygens (including phenoxy) is 1. The number of hydrazone groups is 1. The fraction of sp³-hybridized carbons (Fsp3) is 0.429. The van der Waals surface area contributed by atoms with E-state index in [0.717, 1.165) is 0 Å². The van der Waals surface area contributed by atoms with E-state index in [9.17, 15) is 14.3 Å². The van der Waals surface area contributed by atoms with Gasteiger partial charge in [-0.05, 0) is 19.1 Å². The Bertz CT molecular complexity index is 590. The van der Waals surface area contributed by atoms with Gasteiger partial charge in [0.15, 0.2) is 5.82 Å². The zero-order chi connectivity index (χ0) is 15.6. The van der Waals surface area contributed by atoms with Gasteiger partial charge in [0.05, 0.1) is 11.8 Å². The van der Waals surface area contributed by atoms with Gasteiger partial charge in [-0.15, -0.1) is 0 Å². The maximum absolute atomic E-state index is 14.4. The van der Waals surface area contributed by atoms with Crippen LogP contribution in [0, 0.1) is 11.7 Å². The normalized spacial score (nSPS) is 19.8. The zero-order valence-electron chi connectivity index (χ0n) is 11.7. The maximum Gasteiger partial charge on any atom is 0.240 e. The van der Waals surface area contributed by atoms with Crippen molar-refractivity contribution >= 4 is 23.2 Å². The summed E-state index contributed by atoms with van der Waals surface area (Å²) in [5.74, 6) is -0.892. The Hall–Kier alpha value is -1.66. The highest BCUT2D eigenvalue weighted by Gasteiger charge is 2.25. The molecule has 7 heteroatoms. The van der Waals surface area contributed by atoms with E-state index in [-0.39, 0.29) is 41.2 Å². The van der Waals surface area contributed by atoms with Crippen LogP contribution in [-0.4, -0.2) is 29.4 Å². The summed E-state index contributed by atoms with van der Waals surface area (Å²) in [5, 5.41) is 12.9. The highest BCUT2D eigenvalue weighted by molar-refractivity contribution is 6.32. The second kappa shape index (κ2) is 6.41. The molecule has 5 nitrogen and oxygen atoms in total. The Morgan fingerprint density at radius 1 is 1.62 bits per heavy atom. The monoisotopic (exact) mass is 314 g/mol. The van der Waals surface area contributed by atoms with Crippen LogP contribution in [0.3, 0.4) is 0 Å². The molecule has 0 aliphatic carbocycles. The predicted octanol–water partition coefficient (Wildman–Crippen LogP) is 2.10. The van der Waals surface area contributed by atoms with Crippen LogP contribution in [0.2, 0.25) is 5.02 Å². The second-order valence-electron chi connectivity index (χ2n) is 5.04. The molecule has 1 heterocycles. The molecule has 21 heavy (non-hydrogen) atoms. The first-order valence-corrected chi connectivity index (χ1v) is 6.93. The molecule has 2 rings (SSSR count). The molecular weight excluding hydrogens is 299 g/mol. The van der Waals surface area contributed by atoms with Gasteiger partial charge in [-0.2, -0.15) is 5.10 Å². The van der Waals surface area contributed by atoms with Crippen LogP contribution in [0.1, 0.15) is 25.8 Å². The molecule has 0 saturated heterocycles. The van der Waals surface area contributed by atoms with Crippen LogP contribution in [0.25, 0.3) is 0 Å². The quantitative estimate of drug-likeness (QED) is 0.894. The molecular formula is C14H16ClFN2O3. The number of halogens is 2. The number of hydrogen-bond acceptors (Lipinski definition) is 4. The molecule has 0 bridgehead atoms. The summed E-state index contributed by atoms with van der Waals surface area (Å²) in [6, 6.07) is 3.03. The number of amides is 1. The maximum atomic E-state index is 14.4. The highest BCUT2D eigenvalue weighted by atomic mass is 35.5. The van der Waals surface area contributed by atoms with Crippen molar-refractivity contribution in [3.63, 3.8) is 0 Å². The lowest BCUT2D eigenvalue weighted by molar-refractivity contribution is -0.121. The average Bonchev–Trinajstić information content (AvgIpc) is 2.41. The number of nitrogens with zero attached hydrogens (tertiary/aromatic N) is 1. The Labute approximate surface area is 126 Å². The van der Waals surface area contributed by atoms with E-state index in [1.807, 2.05) is 0 Å². The Morgan fingerprint density at radius 3 is 2.95 bits per heavy atom. The number of benzene rings is 1. The first-order chi connectivity index (χ1) is 9.90. The molecule has 0 saturated carbocycles. The molecule has 1 aliphatic heterocycles. The molecule has 2 N–H and O–H groups in total. The number of carbonyl (C=O) groups excluding carboxylic acids is 1. The van der Waals surface area contributed by atoms with Crippen LogP contribution in [0.4, 0.5) is 4.39 Å². The number of carbonyl (C=O) groups is 1. The fourth-order valence-electron chi connectivity index (χ4n) is 2.03. The third-order valence-corrected chi connectivity index (χ3v) is 3.41. The minimum Gasteiger partial charge on any atom is -0.489 e. The van der Waals surface area contributed by atoms with Gasteiger partial charge in [0.2, 0.25) is 5.91 Å². The largest absolute Gasteiger partial charge is 0.489 e. The standard InChI is InChI=1S/C14H16ClFN2O3/c1-7-5-11(20)17-18-14(7)9-3-4-10(12(15)13(9)16)21-6-8(2)19/h3-4,7-8,19H,5-6H2,1-2H3,(H,17,20). The smallest absolute Gasteiger partial charge is 0.240 e. The lowest BCUT2D eigenvalue weighted by Crippen LogP contribution is -2.32. The summed E-state index contributed by atoms with van der Waals surface area (Å²) in [6.07, 6.45) is -0.433. The van der Waals surface area contributed by atoms with Gasteiger partial charge in [-0.3, -0.25) is 4.79 Å². The molecule has 1 aromatic rings. The predicted molar refractivity (Wildman–Crippen MR) is 77.0 cm³/mol. The molecule has 114 valence electrons. The average molecular weight is 315 g/mol. The van der Waals surface area contributed by atoms with E-state index in [2.05, 4.69) is 10.5 Å². The van der Waals surface area contributed by atoms with Crippen LogP contribution >= 0.6 is 11.6 Å². The molecule has 1 aromatic carbocycles. The second-order valence-corrected chi connectivity index (χ2v) is 5.41. The summed E-state index contributed by atoms with van der Waals surface area (Å²) in [7, 11) is 0. The molecule has 1 aliphatic rings. The van der Waals surface area contributed by atoms with Gasteiger partial charge >= 0.3 is 0 Å². The fourth-order valence-corrected chi connectivity index (χ4v) is 2.25. The van der Waals surface area contributed by atoms with Crippen molar-refractivity contribution in [2.45, 2.75) is 26.4 Å². The van der Waals surface area contributed by atoms with Crippen LogP contribution in [-0.2, 0) is 4.79 Å². The number of aliphatic hydroxyl groups is 1. The molecule has 0 aromatic heterocycles. The van der Waals surface area contributed by atoms with Crippen LogP contribution < -0.4 is 10.2 Å². The first kappa shape index (κ1) is 15.7. The number of hydrogen-bond donors (Lipinski definition) is 2. The van der Waals surface area contributed by atoms with Gasteiger partial charge in [0, 0.05) is 17.9 Å². The Kier molecular flexibility index (Phi) is 4.80. The van der Waals surface area contributed by atoms with E-state index in [4.69, 9.17) is 16.3 Å². The summed E-state index contributed by atoms with van der Waals surface area (Å²) in [6.45, 7) is 3.37. The minimum absolute atomic E-state index is 0.0198. The van der Waals surface area contributed by atoms with Gasteiger partial charge in [0.1, 0.15) is 17.4 Å². The minimum atomic E-state index is -0.679. The van der Waals surface area contributed by atoms with Crippen molar-refractivity contribution in [1.29, 1.82) is 0 Å². The van der Waals surface area contributed by atoms with Crippen molar-refractivity contribution in [1.82, 2.24) is 5.43 Å². The zero-order valence-corrected chi connectivity index (χ0v) is 12.4. The first-order valence-electron chi connectivity index (χ1n) is 6.55. The van der Waals surface area contributed by atoms with Crippen molar-refractivity contribution < 1.29 is 19.0 Å². The molecule has 0 spiro atoms. The topological polar surface area (TPSA) is 70.9 Å². The summed E-state index contributed by atoms with van der Waals surface area (Å²) >= 11 is 5.95. The SMILES string of the molecule is CC(O)COc1ccc(C2=NNC(=O)CC2C)c(F)c1Cl. The summed E-state index contributed by atoms with van der Waals surface area (Å²) < 4.78 is 19.6. The summed E-state index contributed by atoms with van der Waals surface area (Å²) in [5.41, 5.74) is 3.01. The van der Waals surface area contributed by atoms with Crippen LogP contribution in [0.15, 0.2) is 17.2 Å². The van der Waals surface area contributed by atoms with Crippen LogP contribution in [0.5, 0.6) is 5.75 Å². The van der Waals surface area contributed by atoms with E-state index in [0.29, 0.717) is 5.71 Å². The number of rotatable bonds is 4. The molecule has 0 radical (unpaired) electrons. The highest BCUT2D eigenvalue weighted by Crippen LogP contribution is 2.31. The lowest BCUT2D eigenvalue weighted by atomic mass is 9.94. The molecule has 2 unspecified atom stereocenters. The third-order valence-electron chi connectivity index (χ3n) is 3.06. The third kappa shape index (κ3) is 3.51. The van der Waals surface area contributed by atoms with Gasteiger partial charge in [-0.25, -0.2) is 9.82 Å². The lowest BCUT2D eigenvalue weighted by Gasteiger charge is -2.20. The molecule has 0 fully saturated rings. The Morgan fingerprint density at radius 2 is 2.33 bits per heavy atom.